The van der Waals surface area contributed by atoms with Crippen LogP contribution in [-0.2, 0) is 0 Å². The van der Waals surface area contributed by atoms with Gasteiger partial charge in [0.2, 0.25) is 0 Å². The molecule has 238 valence electrons. The van der Waals surface area contributed by atoms with Crippen LogP contribution < -0.4 is 0 Å². The van der Waals surface area contributed by atoms with Gasteiger partial charge in [-0.05, 0) is 47.5 Å². The molecule has 11 rings (SSSR count). The number of para-hydroxylation sites is 1. The van der Waals surface area contributed by atoms with Crippen LogP contribution in [0.5, 0.6) is 0 Å². The highest BCUT2D eigenvalue weighted by Crippen LogP contribution is 2.43. The van der Waals surface area contributed by atoms with Crippen LogP contribution in [0.3, 0.4) is 0 Å². The molecule has 0 aliphatic rings. The van der Waals surface area contributed by atoms with Gasteiger partial charge in [0.15, 0.2) is 17.5 Å². The number of hydrogen-bond acceptors (Lipinski definition) is 6. The molecule has 0 aliphatic carbocycles. The summed E-state index contributed by atoms with van der Waals surface area (Å²) in [5, 5.41) is 7.31. The lowest BCUT2D eigenvalue weighted by molar-refractivity contribution is 0.669. The molecule has 0 spiro atoms. The summed E-state index contributed by atoms with van der Waals surface area (Å²) in [6.45, 7) is 0. The highest BCUT2D eigenvalue weighted by molar-refractivity contribution is 7.26. The highest BCUT2D eigenvalue weighted by atomic mass is 32.1. The Morgan fingerprint density at radius 3 is 1.73 bits per heavy atom. The minimum Gasteiger partial charge on any atom is -0.456 e. The lowest BCUT2D eigenvalue weighted by Crippen LogP contribution is -2.00. The summed E-state index contributed by atoms with van der Waals surface area (Å²) < 4.78 is 11.3. The molecule has 0 bridgehead atoms. The largest absolute Gasteiger partial charge is 0.456 e. The van der Waals surface area contributed by atoms with E-state index in [2.05, 4.69) is 97.1 Å². The Bertz CT molecular complexity index is 3160. The minimum atomic E-state index is 0.609. The molecule has 4 heterocycles. The van der Waals surface area contributed by atoms with Crippen molar-refractivity contribution in [1.82, 2.24) is 15.0 Å². The first-order chi connectivity index (χ1) is 25.2. The van der Waals surface area contributed by atoms with Crippen molar-refractivity contribution in [3.63, 3.8) is 0 Å². The maximum absolute atomic E-state index is 6.22. The number of rotatable bonds is 4. The van der Waals surface area contributed by atoms with E-state index in [1.807, 2.05) is 77.3 Å². The van der Waals surface area contributed by atoms with Crippen LogP contribution in [0.4, 0.5) is 0 Å². The van der Waals surface area contributed by atoms with Gasteiger partial charge in [-0.1, -0.05) is 115 Å². The Hall–Kier alpha value is -6.21. The van der Waals surface area contributed by atoms with Gasteiger partial charge in [-0.15, -0.1) is 22.7 Å². The first-order valence-corrected chi connectivity index (χ1v) is 18.5. The second-order valence-electron chi connectivity index (χ2n) is 12.8. The van der Waals surface area contributed by atoms with Crippen LogP contribution in [0, 0.1) is 0 Å². The third-order valence-corrected chi connectivity index (χ3v) is 12.1. The van der Waals surface area contributed by atoms with E-state index >= 15 is 0 Å². The zero-order valence-electron chi connectivity index (χ0n) is 27.0. The maximum Gasteiger partial charge on any atom is 0.164 e. The molecule has 0 aliphatic heterocycles. The Morgan fingerprint density at radius 1 is 0.353 bits per heavy atom. The van der Waals surface area contributed by atoms with Gasteiger partial charge in [-0.3, -0.25) is 0 Å². The summed E-state index contributed by atoms with van der Waals surface area (Å²) in [5.41, 5.74) is 6.97. The number of furan rings is 1. The lowest BCUT2D eigenvalue weighted by Gasteiger charge is -2.08. The standard InChI is InChI=1S/C45H25N3OS2/c1-2-9-26(10-3-1)43-46-44(28-18-20-32-31-11-4-6-15-37(31)49-38(32)23-28)48-45(47-43)29-19-22-35-34-21-17-27(24-40(34)50-41(35)25-29)30-13-8-14-36-33-12-5-7-16-39(33)51-42(30)36/h1-25H. The fraction of sp³-hybridized carbons (Fsp3) is 0. The second-order valence-corrected chi connectivity index (χ2v) is 14.9. The predicted molar refractivity (Wildman–Crippen MR) is 215 cm³/mol. The van der Waals surface area contributed by atoms with Gasteiger partial charge in [0.1, 0.15) is 11.2 Å². The van der Waals surface area contributed by atoms with Crippen molar-refractivity contribution in [3.8, 4) is 45.3 Å². The monoisotopic (exact) mass is 687 g/mol. The molecule has 4 aromatic heterocycles. The first kappa shape index (κ1) is 28.6. The summed E-state index contributed by atoms with van der Waals surface area (Å²) in [5.74, 6) is 1.88. The molecule has 0 amide bonds. The van der Waals surface area contributed by atoms with Crippen molar-refractivity contribution in [1.29, 1.82) is 0 Å². The summed E-state index contributed by atoms with van der Waals surface area (Å²) >= 11 is 3.69. The summed E-state index contributed by atoms with van der Waals surface area (Å²) in [4.78, 5) is 15.1. The van der Waals surface area contributed by atoms with Crippen LogP contribution in [0.15, 0.2) is 156 Å². The molecule has 7 aromatic carbocycles. The molecule has 6 heteroatoms. The van der Waals surface area contributed by atoms with E-state index in [4.69, 9.17) is 19.4 Å². The zero-order chi connectivity index (χ0) is 33.5. The summed E-state index contributed by atoms with van der Waals surface area (Å²) in [6, 6.07) is 53.3. The number of fused-ring (bicyclic) bond motifs is 9. The Kier molecular flexibility index (Phi) is 6.26. The van der Waals surface area contributed by atoms with Crippen molar-refractivity contribution < 1.29 is 4.42 Å². The number of benzene rings is 7. The third-order valence-electron chi connectivity index (χ3n) is 9.75. The van der Waals surface area contributed by atoms with E-state index in [1.165, 1.54) is 51.5 Å². The molecule has 0 saturated carbocycles. The van der Waals surface area contributed by atoms with Gasteiger partial charge in [-0.2, -0.15) is 0 Å². The van der Waals surface area contributed by atoms with Crippen LogP contribution in [-0.4, -0.2) is 15.0 Å². The molecule has 0 N–H and O–H groups in total. The van der Waals surface area contributed by atoms with Gasteiger partial charge in [0.05, 0.1) is 0 Å². The normalized spacial score (nSPS) is 11.9. The Morgan fingerprint density at radius 2 is 0.922 bits per heavy atom. The summed E-state index contributed by atoms with van der Waals surface area (Å²) in [7, 11) is 0. The molecular weight excluding hydrogens is 663 g/mol. The predicted octanol–water partition coefficient (Wildman–Crippen LogP) is 13.2. The molecular formula is C45H25N3OS2. The van der Waals surface area contributed by atoms with Crippen LogP contribution in [0.1, 0.15) is 0 Å². The lowest BCUT2D eigenvalue weighted by atomic mass is 10.0. The number of nitrogens with zero attached hydrogens (tertiary/aromatic N) is 3. The molecule has 0 radical (unpaired) electrons. The van der Waals surface area contributed by atoms with E-state index in [0.29, 0.717) is 17.5 Å². The molecule has 0 saturated heterocycles. The fourth-order valence-electron chi connectivity index (χ4n) is 7.27. The number of aromatic nitrogens is 3. The first-order valence-electron chi connectivity index (χ1n) is 16.8. The van der Waals surface area contributed by atoms with Crippen LogP contribution in [0.2, 0.25) is 0 Å². The number of thiophene rings is 2. The van der Waals surface area contributed by atoms with E-state index in [1.54, 1.807) is 0 Å². The molecule has 51 heavy (non-hydrogen) atoms. The van der Waals surface area contributed by atoms with E-state index in [9.17, 15) is 0 Å². The zero-order valence-corrected chi connectivity index (χ0v) is 28.6. The van der Waals surface area contributed by atoms with Gasteiger partial charge < -0.3 is 4.42 Å². The quantitative estimate of drug-likeness (QED) is 0.185. The SMILES string of the molecule is c1ccc(-c2nc(-c3ccc4c(c3)oc3ccccc34)nc(-c3ccc4c(c3)sc3cc(-c5cccc6c5sc5ccccc56)ccc34)n2)cc1. The van der Waals surface area contributed by atoms with E-state index in [0.717, 1.165) is 38.6 Å². The topological polar surface area (TPSA) is 51.8 Å². The Labute approximate surface area is 299 Å². The number of hydrogen-bond donors (Lipinski definition) is 0. The van der Waals surface area contributed by atoms with Gasteiger partial charge in [-0.25, -0.2) is 15.0 Å². The van der Waals surface area contributed by atoms with Gasteiger partial charge in [0.25, 0.3) is 0 Å². The van der Waals surface area contributed by atoms with Crippen molar-refractivity contribution >= 4 is 85.0 Å². The fourth-order valence-corrected chi connectivity index (χ4v) is 9.70. The molecule has 11 aromatic rings. The molecule has 0 atom stereocenters. The smallest absolute Gasteiger partial charge is 0.164 e. The third kappa shape index (κ3) is 4.61. The van der Waals surface area contributed by atoms with Crippen molar-refractivity contribution in [2.75, 3.05) is 0 Å². The van der Waals surface area contributed by atoms with Crippen LogP contribution >= 0.6 is 22.7 Å². The van der Waals surface area contributed by atoms with Crippen LogP contribution in [0.25, 0.3) is 108 Å². The molecule has 0 unspecified atom stereocenters. The Balaban J connectivity index is 1.04. The average Bonchev–Trinajstić information content (AvgIpc) is 3.88. The second kappa shape index (κ2) is 11.2. The van der Waals surface area contributed by atoms with E-state index < -0.39 is 0 Å². The van der Waals surface area contributed by atoms with Gasteiger partial charge >= 0.3 is 0 Å². The summed E-state index contributed by atoms with van der Waals surface area (Å²) in [6.07, 6.45) is 0. The van der Waals surface area contributed by atoms with Crippen molar-refractivity contribution in [2.24, 2.45) is 0 Å². The van der Waals surface area contributed by atoms with E-state index in [-0.39, 0.29) is 0 Å². The molecule has 4 nitrogen and oxygen atoms in total. The highest BCUT2D eigenvalue weighted by Gasteiger charge is 2.17. The minimum absolute atomic E-state index is 0.609. The van der Waals surface area contributed by atoms with Crippen molar-refractivity contribution in [3.05, 3.63) is 152 Å². The van der Waals surface area contributed by atoms with Crippen molar-refractivity contribution in [2.45, 2.75) is 0 Å². The average molecular weight is 688 g/mol. The maximum atomic E-state index is 6.22. The molecule has 0 fully saturated rings. The van der Waals surface area contributed by atoms with Gasteiger partial charge in [0, 0.05) is 67.8 Å².